The Morgan fingerprint density at radius 1 is 1.35 bits per heavy atom. The Labute approximate surface area is 119 Å². The van der Waals surface area contributed by atoms with Crippen molar-refractivity contribution in [1.29, 1.82) is 0 Å². The van der Waals surface area contributed by atoms with E-state index in [1.54, 1.807) is 4.90 Å². The number of nitrogens with zero attached hydrogens (tertiary/aromatic N) is 1. The number of carboxylic acid groups (broad SMARTS) is 1. The van der Waals surface area contributed by atoms with Gasteiger partial charge in [-0.15, -0.1) is 0 Å². The van der Waals surface area contributed by atoms with Crippen molar-refractivity contribution in [3.63, 3.8) is 0 Å². The van der Waals surface area contributed by atoms with E-state index < -0.39 is 12.0 Å². The average molecular weight is 284 g/mol. The van der Waals surface area contributed by atoms with Gasteiger partial charge in [-0.3, -0.25) is 14.4 Å². The fraction of sp³-hybridized carbons (Fsp3) is 0.786. The van der Waals surface area contributed by atoms with E-state index in [-0.39, 0.29) is 23.7 Å². The van der Waals surface area contributed by atoms with Crippen LogP contribution in [-0.4, -0.2) is 46.9 Å². The fourth-order valence-electron chi connectivity index (χ4n) is 2.27. The summed E-state index contributed by atoms with van der Waals surface area (Å²) < 4.78 is 0. The van der Waals surface area contributed by atoms with Crippen LogP contribution in [-0.2, 0) is 14.4 Å². The maximum absolute atomic E-state index is 12.1. The van der Waals surface area contributed by atoms with Crippen LogP contribution in [0.25, 0.3) is 0 Å². The Morgan fingerprint density at radius 2 is 2.00 bits per heavy atom. The second-order valence-electron chi connectivity index (χ2n) is 5.50. The molecule has 6 heteroatoms. The molecule has 114 valence electrons. The molecule has 0 aromatic heterocycles. The molecule has 0 aliphatic carbocycles. The minimum Gasteiger partial charge on any atom is -0.480 e. The van der Waals surface area contributed by atoms with Crippen molar-refractivity contribution < 1.29 is 19.5 Å². The summed E-state index contributed by atoms with van der Waals surface area (Å²) in [4.78, 5) is 36.6. The SMILES string of the molecule is CCC(C)C(=O)N1CCCC(C(=O)N[C@H](C)C(=O)O)C1. The summed E-state index contributed by atoms with van der Waals surface area (Å²) in [6.45, 7) is 6.36. The number of likely N-dealkylation sites (tertiary alicyclic amines) is 1. The van der Waals surface area contributed by atoms with Crippen LogP contribution in [0, 0.1) is 11.8 Å². The highest BCUT2D eigenvalue weighted by Gasteiger charge is 2.30. The molecule has 1 aliphatic heterocycles. The number of rotatable bonds is 5. The van der Waals surface area contributed by atoms with Crippen LogP contribution in [0.5, 0.6) is 0 Å². The van der Waals surface area contributed by atoms with Crippen molar-refractivity contribution in [2.24, 2.45) is 11.8 Å². The van der Waals surface area contributed by atoms with Crippen LogP contribution in [0.4, 0.5) is 0 Å². The summed E-state index contributed by atoms with van der Waals surface area (Å²) in [5, 5.41) is 11.3. The molecule has 0 radical (unpaired) electrons. The summed E-state index contributed by atoms with van der Waals surface area (Å²) in [5.41, 5.74) is 0. The first-order valence-electron chi connectivity index (χ1n) is 7.18. The molecular formula is C14H24N2O4. The molecule has 6 nitrogen and oxygen atoms in total. The molecule has 2 amide bonds. The normalized spacial score (nSPS) is 21.9. The van der Waals surface area contributed by atoms with Crippen molar-refractivity contribution >= 4 is 17.8 Å². The van der Waals surface area contributed by atoms with Gasteiger partial charge < -0.3 is 15.3 Å². The topological polar surface area (TPSA) is 86.7 Å². The molecule has 20 heavy (non-hydrogen) atoms. The number of carboxylic acids is 1. The van der Waals surface area contributed by atoms with E-state index in [0.717, 1.165) is 12.8 Å². The molecule has 1 heterocycles. The molecule has 2 N–H and O–H groups in total. The minimum atomic E-state index is -1.05. The number of carbonyl (C=O) groups is 3. The van der Waals surface area contributed by atoms with Gasteiger partial charge in [-0.2, -0.15) is 0 Å². The number of amides is 2. The summed E-state index contributed by atoms with van der Waals surface area (Å²) in [5.74, 6) is -1.59. The predicted octanol–water partition coefficient (Wildman–Crippen LogP) is 0.860. The molecule has 0 spiro atoms. The van der Waals surface area contributed by atoms with Crippen LogP contribution >= 0.6 is 0 Å². The number of carbonyl (C=O) groups excluding carboxylic acids is 2. The van der Waals surface area contributed by atoms with Crippen LogP contribution in [0.15, 0.2) is 0 Å². The lowest BCUT2D eigenvalue weighted by molar-refractivity contribution is -0.144. The smallest absolute Gasteiger partial charge is 0.325 e. The first kappa shape index (κ1) is 16.5. The Morgan fingerprint density at radius 3 is 2.55 bits per heavy atom. The van der Waals surface area contributed by atoms with E-state index in [9.17, 15) is 14.4 Å². The molecule has 1 rings (SSSR count). The monoisotopic (exact) mass is 284 g/mol. The van der Waals surface area contributed by atoms with Gasteiger partial charge in [-0.25, -0.2) is 0 Å². The molecule has 0 saturated carbocycles. The maximum Gasteiger partial charge on any atom is 0.325 e. The van der Waals surface area contributed by atoms with E-state index in [1.165, 1.54) is 6.92 Å². The molecule has 1 fully saturated rings. The predicted molar refractivity (Wildman–Crippen MR) is 74.0 cm³/mol. The van der Waals surface area contributed by atoms with Crippen molar-refractivity contribution in [1.82, 2.24) is 10.2 Å². The molecule has 3 atom stereocenters. The van der Waals surface area contributed by atoms with Crippen molar-refractivity contribution in [2.45, 2.75) is 46.1 Å². The highest BCUT2D eigenvalue weighted by molar-refractivity contribution is 5.86. The largest absolute Gasteiger partial charge is 0.480 e. The van der Waals surface area contributed by atoms with Gasteiger partial charge in [0.2, 0.25) is 11.8 Å². The Kier molecular flexibility index (Phi) is 5.98. The summed E-state index contributed by atoms with van der Waals surface area (Å²) in [6, 6.07) is -0.900. The van der Waals surface area contributed by atoms with E-state index in [2.05, 4.69) is 5.32 Å². The van der Waals surface area contributed by atoms with Gasteiger partial charge in [-0.05, 0) is 26.2 Å². The third-order valence-electron chi connectivity index (χ3n) is 3.87. The Balaban J connectivity index is 2.58. The molecule has 2 unspecified atom stereocenters. The second-order valence-corrected chi connectivity index (χ2v) is 5.50. The Hall–Kier alpha value is -1.59. The number of aliphatic carboxylic acids is 1. The van der Waals surface area contributed by atoms with E-state index in [0.29, 0.717) is 19.5 Å². The molecule has 1 aliphatic rings. The lowest BCUT2D eigenvalue weighted by atomic mass is 9.95. The van der Waals surface area contributed by atoms with Crippen LogP contribution in [0.2, 0.25) is 0 Å². The standard InChI is InChI=1S/C14H24N2O4/c1-4-9(2)13(18)16-7-5-6-11(8-16)12(17)15-10(3)14(19)20/h9-11H,4-8H2,1-3H3,(H,15,17)(H,19,20)/t9?,10-,11?/m1/s1. The lowest BCUT2D eigenvalue weighted by Crippen LogP contribution is -2.49. The molecule has 0 aromatic rings. The summed E-state index contributed by atoms with van der Waals surface area (Å²) in [7, 11) is 0. The molecule has 1 saturated heterocycles. The quantitative estimate of drug-likeness (QED) is 0.784. The van der Waals surface area contributed by atoms with Crippen molar-refractivity contribution in [3.8, 4) is 0 Å². The van der Waals surface area contributed by atoms with Gasteiger partial charge in [0.05, 0.1) is 5.92 Å². The van der Waals surface area contributed by atoms with E-state index >= 15 is 0 Å². The van der Waals surface area contributed by atoms with Crippen molar-refractivity contribution in [3.05, 3.63) is 0 Å². The van der Waals surface area contributed by atoms with Crippen LogP contribution in [0.3, 0.4) is 0 Å². The number of nitrogens with one attached hydrogen (secondary N) is 1. The van der Waals surface area contributed by atoms with Gasteiger partial charge in [0, 0.05) is 19.0 Å². The number of piperidine rings is 1. The van der Waals surface area contributed by atoms with Crippen molar-refractivity contribution in [2.75, 3.05) is 13.1 Å². The first-order valence-corrected chi connectivity index (χ1v) is 7.18. The zero-order chi connectivity index (χ0) is 15.3. The third kappa shape index (κ3) is 4.21. The maximum atomic E-state index is 12.1. The van der Waals surface area contributed by atoms with Crippen LogP contribution < -0.4 is 5.32 Å². The molecular weight excluding hydrogens is 260 g/mol. The second kappa shape index (κ2) is 7.26. The lowest BCUT2D eigenvalue weighted by Gasteiger charge is -2.33. The minimum absolute atomic E-state index is 0.0326. The van der Waals surface area contributed by atoms with Gasteiger partial charge in [0.15, 0.2) is 0 Å². The highest BCUT2D eigenvalue weighted by Crippen LogP contribution is 2.19. The zero-order valence-corrected chi connectivity index (χ0v) is 12.4. The van der Waals surface area contributed by atoms with Gasteiger partial charge in [0.1, 0.15) is 6.04 Å². The summed E-state index contributed by atoms with van der Waals surface area (Å²) in [6.07, 6.45) is 2.26. The average Bonchev–Trinajstić information content (AvgIpc) is 2.45. The fourth-order valence-corrected chi connectivity index (χ4v) is 2.27. The first-order chi connectivity index (χ1) is 9.36. The highest BCUT2D eigenvalue weighted by atomic mass is 16.4. The summed E-state index contributed by atoms with van der Waals surface area (Å²) >= 11 is 0. The van der Waals surface area contributed by atoms with Gasteiger partial charge in [-0.1, -0.05) is 13.8 Å². The van der Waals surface area contributed by atoms with Gasteiger partial charge in [0.25, 0.3) is 0 Å². The molecule has 0 aromatic carbocycles. The van der Waals surface area contributed by atoms with Crippen LogP contribution in [0.1, 0.15) is 40.0 Å². The Bertz CT molecular complexity index is 383. The number of hydrogen-bond acceptors (Lipinski definition) is 3. The molecule has 0 bridgehead atoms. The van der Waals surface area contributed by atoms with E-state index in [4.69, 9.17) is 5.11 Å². The number of hydrogen-bond donors (Lipinski definition) is 2. The van der Waals surface area contributed by atoms with Gasteiger partial charge >= 0.3 is 5.97 Å². The zero-order valence-electron chi connectivity index (χ0n) is 12.4. The van der Waals surface area contributed by atoms with E-state index in [1.807, 2.05) is 13.8 Å². The third-order valence-corrected chi connectivity index (χ3v) is 3.87.